The first-order valence-corrected chi connectivity index (χ1v) is 5.29. The van der Waals surface area contributed by atoms with Gasteiger partial charge in [0, 0.05) is 17.7 Å². The van der Waals surface area contributed by atoms with Crippen LogP contribution in [0.15, 0.2) is 18.7 Å². The summed E-state index contributed by atoms with van der Waals surface area (Å²) >= 11 is 0. The first-order chi connectivity index (χ1) is 7.43. The summed E-state index contributed by atoms with van der Waals surface area (Å²) in [5, 5.41) is 11.2. The smallest absolute Gasteiger partial charge is 0.163 e. The van der Waals surface area contributed by atoms with Crippen LogP contribution in [-0.2, 0) is 0 Å². The molecular weight excluding hydrogens is 190 g/mol. The van der Waals surface area contributed by atoms with Gasteiger partial charge in [0.15, 0.2) is 5.65 Å². The molecule has 0 spiro atoms. The maximum atomic E-state index is 4.46. The minimum Gasteiger partial charge on any atom is -0.317 e. The summed E-state index contributed by atoms with van der Waals surface area (Å²) in [5.41, 5.74) is 2.04. The lowest BCUT2D eigenvalue weighted by Crippen LogP contribution is -2.27. The Morgan fingerprint density at radius 3 is 3.00 bits per heavy atom. The third kappa shape index (κ3) is 1.59. The van der Waals surface area contributed by atoms with E-state index < -0.39 is 0 Å². The molecule has 3 rings (SSSR count). The van der Waals surface area contributed by atoms with Crippen LogP contribution in [0.5, 0.6) is 0 Å². The fourth-order valence-electron chi connectivity index (χ4n) is 2.08. The van der Waals surface area contributed by atoms with E-state index in [9.17, 15) is 0 Å². The Morgan fingerprint density at radius 1 is 1.27 bits per heavy atom. The van der Waals surface area contributed by atoms with Gasteiger partial charge in [-0.1, -0.05) is 0 Å². The zero-order chi connectivity index (χ0) is 10.1. The molecule has 0 saturated carbocycles. The van der Waals surface area contributed by atoms with Crippen molar-refractivity contribution < 1.29 is 0 Å². The molecule has 1 fully saturated rings. The highest BCUT2D eigenvalue weighted by atomic mass is 15.2. The quantitative estimate of drug-likeness (QED) is 0.737. The second kappa shape index (κ2) is 3.58. The van der Waals surface area contributed by atoms with Gasteiger partial charge in [-0.25, -0.2) is 4.98 Å². The first-order valence-electron chi connectivity index (χ1n) is 5.29. The van der Waals surface area contributed by atoms with Crippen LogP contribution in [0.4, 0.5) is 0 Å². The van der Waals surface area contributed by atoms with Gasteiger partial charge in [0.1, 0.15) is 12.7 Å². The van der Waals surface area contributed by atoms with E-state index in [0.29, 0.717) is 5.92 Å². The second-order valence-electron chi connectivity index (χ2n) is 3.93. The highest BCUT2D eigenvalue weighted by Gasteiger charge is 2.16. The number of nitrogens with one attached hydrogen (secondary N) is 1. The Balaban J connectivity index is 1.95. The van der Waals surface area contributed by atoms with Crippen LogP contribution in [0.1, 0.15) is 24.5 Å². The number of hydrogen-bond donors (Lipinski definition) is 1. The topological polar surface area (TPSA) is 55.1 Å². The van der Waals surface area contributed by atoms with Crippen molar-refractivity contribution in [2.75, 3.05) is 13.1 Å². The highest BCUT2D eigenvalue weighted by Crippen LogP contribution is 2.23. The molecule has 2 aromatic heterocycles. The van der Waals surface area contributed by atoms with E-state index in [-0.39, 0.29) is 0 Å². The van der Waals surface area contributed by atoms with Crippen molar-refractivity contribution >= 4 is 5.65 Å². The number of hydrogen-bond acceptors (Lipinski definition) is 4. The minimum atomic E-state index is 0.577. The molecule has 0 atom stereocenters. The summed E-state index contributed by atoms with van der Waals surface area (Å²) in [4.78, 5) is 4.46. The van der Waals surface area contributed by atoms with Crippen LogP contribution in [-0.4, -0.2) is 32.7 Å². The molecule has 0 bridgehead atoms. The van der Waals surface area contributed by atoms with Crippen molar-refractivity contribution in [2.45, 2.75) is 18.8 Å². The lowest BCUT2D eigenvalue weighted by molar-refractivity contribution is 0.453. The molecule has 1 N–H and O–H groups in total. The molecule has 15 heavy (non-hydrogen) atoms. The molecule has 0 aromatic carbocycles. The second-order valence-corrected chi connectivity index (χ2v) is 3.93. The molecule has 0 amide bonds. The Labute approximate surface area is 87.5 Å². The highest BCUT2D eigenvalue weighted by molar-refractivity contribution is 5.37. The van der Waals surface area contributed by atoms with E-state index in [1.807, 2.05) is 10.5 Å². The van der Waals surface area contributed by atoms with Crippen molar-refractivity contribution in [1.29, 1.82) is 0 Å². The predicted octanol–water partition coefficient (Wildman–Crippen LogP) is 0.591. The monoisotopic (exact) mass is 203 g/mol. The van der Waals surface area contributed by atoms with Crippen molar-refractivity contribution in [3.05, 3.63) is 24.4 Å². The molecule has 2 aromatic rings. The van der Waals surface area contributed by atoms with Gasteiger partial charge in [0.2, 0.25) is 0 Å². The van der Waals surface area contributed by atoms with Gasteiger partial charge in [-0.3, -0.25) is 4.40 Å². The van der Waals surface area contributed by atoms with Crippen molar-refractivity contribution in [1.82, 2.24) is 24.9 Å². The fourth-order valence-corrected chi connectivity index (χ4v) is 2.08. The molecule has 3 heterocycles. The Hall–Kier alpha value is -1.49. The molecule has 78 valence electrons. The van der Waals surface area contributed by atoms with Crippen LogP contribution >= 0.6 is 0 Å². The molecule has 1 saturated heterocycles. The molecule has 0 unspecified atom stereocenters. The Bertz CT molecular complexity index is 458. The third-order valence-corrected chi connectivity index (χ3v) is 2.97. The third-order valence-electron chi connectivity index (χ3n) is 2.97. The number of aromatic nitrogens is 4. The lowest BCUT2D eigenvalue weighted by Gasteiger charge is -2.21. The normalized spacial score (nSPS) is 18.4. The largest absolute Gasteiger partial charge is 0.317 e. The van der Waals surface area contributed by atoms with Gasteiger partial charge in [0.05, 0.1) is 0 Å². The molecule has 0 aliphatic carbocycles. The zero-order valence-electron chi connectivity index (χ0n) is 8.43. The van der Waals surface area contributed by atoms with Gasteiger partial charge in [-0.2, -0.15) is 0 Å². The van der Waals surface area contributed by atoms with Crippen LogP contribution in [0.25, 0.3) is 5.65 Å². The summed E-state index contributed by atoms with van der Waals surface area (Å²) in [6, 6.07) is 2.04. The maximum absolute atomic E-state index is 4.46. The van der Waals surface area contributed by atoms with Crippen molar-refractivity contribution in [2.24, 2.45) is 0 Å². The average molecular weight is 203 g/mol. The summed E-state index contributed by atoms with van der Waals surface area (Å²) in [6.45, 7) is 2.18. The van der Waals surface area contributed by atoms with Crippen LogP contribution in [0, 0.1) is 0 Å². The molecule has 5 heteroatoms. The lowest BCUT2D eigenvalue weighted by atomic mass is 9.94. The van der Waals surface area contributed by atoms with Crippen LogP contribution < -0.4 is 5.32 Å². The van der Waals surface area contributed by atoms with E-state index in [2.05, 4.69) is 20.5 Å². The summed E-state index contributed by atoms with van der Waals surface area (Å²) in [5.74, 6) is 0.577. The van der Waals surface area contributed by atoms with E-state index in [0.717, 1.165) is 37.3 Å². The summed E-state index contributed by atoms with van der Waals surface area (Å²) in [7, 11) is 0. The van der Waals surface area contributed by atoms with Crippen LogP contribution in [0.2, 0.25) is 0 Å². The molecule has 0 radical (unpaired) electrons. The van der Waals surface area contributed by atoms with E-state index in [1.54, 1.807) is 12.7 Å². The number of piperidine rings is 1. The maximum Gasteiger partial charge on any atom is 0.163 e. The van der Waals surface area contributed by atoms with Gasteiger partial charge in [-0.05, 0) is 25.9 Å². The first kappa shape index (κ1) is 8.79. The number of fused-ring (bicyclic) bond motifs is 1. The Morgan fingerprint density at radius 2 is 2.13 bits per heavy atom. The number of nitrogens with zero attached hydrogens (tertiary/aromatic N) is 4. The Kier molecular flexibility index (Phi) is 2.10. The van der Waals surface area contributed by atoms with E-state index in [4.69, 9.17) is 0 Å². The van der Waals surface area contributed by atoms with Crippen molar-refractivity contribution in [3.63, 3.8) is 0 Å². The molecule has 1 aliphatic heterocycles. The summed E-state index contributed by atoms with van der Waals surface area (Å²) < 4.78 is 1.84. The van der Waals surface area contributed by atoms with Crippen molar-refractivity contribution in [3.8, 4) is 0 Å². The van der Waals surface area contributed by atoms with Crippen LogP contribution in [0.3, 0.4) is 0 Å². The average Bonchev–Trinajstić information content (AvgIpc) is 2.77. The molecular formula is C10H13N5. The van der Waals surface area contributed by atoms with E-state index >= 15 is 0 Å². The molecule has 1 aliphatic rings. The predicted molar refractivity (Wildman–Crippen MR) is 55.6 cm³/mol. The standard InChI is InChI=1S/C10H13N5/c1-3-11-4-2-8(1)9-5-10-14-13-7-15(10)6-12-9/h5-8,11H,1-4H2. The number of rotatable bonds is 1. The SMILES string of the molecule is c1c(C2CCNCC2)ncn2cnnc12. The molecule has 5 nitrogen and oxygen atoms in total. The van der Waals surface area contributed by atoms with Gasteiger partial charge in [0.25, 0.3) is 0 Å². The summed E-state index contributed by atoms with van der Waals surface area (Å²) in [6.07, 6.45) is 5.80. The van der Waals surface area contributed by atoms with Gasteiger partial charge < -0.3 is 5.32 Å². The fraction of sp³-hybridized carbons (Fsp3) is 0.500. The van der Waals surface area contributed by atoms with Gasteiger partial charge >= 0.3 is 0 Å². The van der Waals surface area contributed by atoms with E-state index in [1.165, 1.54) is 0 Å². The van der Waals surface area contributed by atoms with Gasteiger partial charge in [-0.15, -0.1) is 10.2 Å². The minimum absolute atomic E-state index is 0.577. The zero-order valence-corrected chi connectivity index (χ0v) is 8.43.